The van der Waals surface area contributed by atoms with Crippen LogP contribution in [0.4, 0.5) is 0 Å². The molecule has 1 aromatic heterocycles. The molecule has 0 spiro atoms. The van der Waals surface area contributed by atoms with Crippen LogP contribution in [-0.4, -0.2) is 27.2 Å². The van der Waals surface area contributed by atoms with Crippen LogP contribution in [0.1, 0.15) is 30.3 Å². The molecule has 2 aromatic carbocycles. The van der Waals surface area contributed by atoms with Crippen LogP contribution in [0.25, 0.3) is 16.7 Å². The lowest BCUT2D eigenvalue weighted by molar-refractivity contribution is -0.120. The minimum absolute atomic E-state index is 0.0371. The fourth-order valence-corrected chi connectivity index (χ4v) is 2.97. The van der Waals surface area contributed by atoms with E-state index < -0.39 is 0 Å². The molecule has 0 aliphatic carbocycles. The Hall–Kier alpha value is -2.66. The summed E-state index contributed by atoms with van der Waals surface area (Å²) < 4.78 is 2.09. The van der Waals surface area contributed by atoms with E-state index in [0.717, 1.165) is 33.7 Å². The van der Waals surface area contributed by atoms with Crippen molar-refractivity contribution in [3.63, 3.8) is 0 Å². The third-order valence-electron chi connectivity index (χ3n) is 4.27. The highest BCUT2D eigenvalue weighted by molar-refractivity contribution is 5.81. The van der Waals surface area contributed by atoms with E-state index in [1.54, 1.807) is 0 Å². The molecular weight excluding hydrogens is 314 g/mol. The first-order valence-corrected chi connectivity index (χ1v) is 8.58. The van der Waals surface area contributed by atoms with Gasteiger partial charge in [-0.3, -0.25) is 9.36 Å². The van der Waals surface area contributed by atoms with Crippen molar-refractivity contribution in [2.75, 3.05) is 6.61 Å². The summed E-state index contributed by atoms with van der Waals surface area (Å²) in [7, 11) is 0. The van der Waals surface area contributed by atoms with Gasteiger partial charge in [-0.15, -0.1) is 0 Å². The summed E-state index contributed by atoms with van der Waals surface area (Å²) in [5.41, 5.74) is 5.11. The Balaban J connectivity index is 2.05. The fraction of sp³-hybridized carbons (Fsp3) is 0.300. The molecule has 0 bridgehead atoms. The zero-order valence-electron chi connectivity index (χ0n) is 14.6. The van der Waals surface area contributed by atoms with E-state index in [1.165, 1.54) is 0 Å². The van der Waals surface area contributed by atoms with Gasteiger partial charge in [0.15, 0.2) is 0 Å². The predicted molar refractivity (Wildman–Crippen MR) is 98.7 cm³/mol. The monoisotopic (exact) mass is 337 g/mol. The summed E-state index contributed by atoms with van der Waals surface area (Å²) in [6, 6.07) is 14.2. The van der Waals surface area contributed by atoms with Gasteiger partial charge in [0, 0.05) is 25.1 Å². The second-order valence-corrected chi connectivity index (χ2v) is 6.08. The Bertz CT molecular complexity index is 899. The maximum Gasteiger partial charge on any atom is 0.219 e. The van der Waals surface area contributed by atoms with Gasteiger partial charge in [-0.05, 0) is 36.2 Å². The Morgan fingerprint density at radius 2 is 2.04 bits per heavy atom. The summed E-state index contributed by atoms with van der Waals surface area (Å²) >= 11 is 0. The van der Waals surface area contributed by atoms with Crippen LogP contribution in [0.2, 0.25) is 0 Å². The normalized spacial score (nSPS) is 11.0. The first-order chi connectivity index (χ1) is 12.1. The van der Waals surface area contributed by atoms with Crippen molar-refractivity contribution in [2.24, 2.45) is 0 Å². The number of nitrogens with zero attached hydrogens (tertiary/aromatic N) is 2. The number of rotatable bonds is 6. The molecule has 130 valence electrons. The number of aromatic nitrogens is 2. The zero-order chi connectivity index (χ0) is 17.8. The number of hydrogen-bond donors (Lipinski definition) is 2. The van der Waals surface area contributed by atoms with Gasteiger partial charge in [-0.25, -0.2) is 4.98 Å². The highest BCUT2D eigenvalue weighted by Crippen LogP contribution is 2.24. The maximum atomic E-state index is 11.5. The number of imidazole rings is 1. The van der Waals surface area contributed by atoms with Gasteiger partial charge in [0.2, 0.25) is 5.91 Å². The van der Waals surface area contributed by atoms with Gasteiger partial charge < -0.3 is 10.4 Å². The minimum Gasteiger partial charge on any atom is -0.396 e. The van der Waals surface area contributed by atoms with Gasteiger partial charge in [-0.1, -0.05) is 31.2 Å². The van der Waals surface area contributed by atoms with Gasteiger partial charge in [-0.2, -0.15) is 0 Å². The van der Waals surface area contributed by atoms with Gasteiger partial charge in [0.25, 0.3) is 0 Å². The largest absolute Gasteiger partial charge is 0.396 e. The molecule has 5 nitrogen and oxygen atoms in total. The first kappa shape index (κ1) is 17.2. The second-order valence-electron chi connectivity index (χ2n) is 6.08. The van der Waals surface area contributed by atoms with E-state index in [1.807, 2.05) is 50.2 Å². The van der Waals surface area contributed by atoms with Gasteiger partial charge >= 0.3 is 0 Å². The summed E-state index contributed by atoms with van der Waals surface area (Å²) in [5, 5.41) is 12.3. The van der Waals surface area contributed by atoms with Crippen molar-refractivity contribution in [3.8, 4) is 5.69 Å². The number of aryl methyl sites for hydroxylation is 1. The maximum absolute atomic E-state index is 11.5. The topological polar surface area (TPSA) is 67.2 Å². The molecule has 2 N–H and O–H groups in total. The lowest BCUT2D eigenvalue weighted by atomic mass is 10.1. The van der Waals surface area contributed by atoms with E-state index >= 15 is 0 Å². The Morgan fingerprint density at radius 3 is 2.80 bits per heavy atom. The summed E-state index contributed by atoms with van der Waals surface area (Å²) in [5.74, 6) is 0.872. The van der Waals surface area contributed by atoms with Crippen molar-refractivity contribution >= 4 is 16.9 Å². The van der Waals surface area contributed by atoms with Crippen molar-refractivity contribution in [1.29, 1.82) is 0 Å². The van der Waals surface area contributed by atoms with Crippen LogP contribution in [0.5, 0.6) is 0 Å². The number of benzene rings is 2. The highest BCUT2D eigenvalue weighted by atomic mass is 16.3. The molecule has 0 saturated carbocycles. The SMILES string of the molecule is CCC(=O)NCc1cccc(-n2c(CCO)nc3c(C)cccc32)c1. The van der Waals surface area contributed by atoms with Crippen LogP contribution >= 0.6 is 0 Å². The molecule has 25 heavy (non-hydrogen) atoms. The smallest absolute Gasteiger partial charge is 0.219 e. The molecule has 3 aromatic rings. The molecule has 0 radical (unpaired) electrons. The van der Waals surface area contributed by atoms with Crippen LogP contribution in [0.3, 0.4) is 0 Å². The first-order valence-electron chi connectivity index (χ1n) is 8.58. The third-order valence-corrected chi connectivity index (χ3v) is 4.27. The van der Waals surface area contributed by atoms with E-state index in [0.29, 0.717) is 19.4 Å². The molecule has 0 fully saturated rings. The number of carbonyl (C=O) groups excluding carboxylic acids is 1. The van der Waals surface area contributed by atoms with Crippen molar-refractivity contribution < 1.29 is 9.90 Å². The Kier molecular flexibility index (Phi) is 5.14. The number of fused-ring (bicyclic) bond motifs is 1. The third kappa shape index (κ3) is 3.56. The standard InChI is InChI=1S/C20H23N3O2/c1-3-19(25)21-13-15-7-5-8-16(12-15)23-17-9-4-6-14(2)20(17)22-18(23)10-11-24/h4-9,12,24H,3,10-11,13H2,1-2H3,(H,21,25). The Labute approximate surface area is 147 Å². The predicted octanol–water partition coefficient (Wildman–Crippen LogP) is 2.89. The zero-order valence-corrected chi connectivity index (χ0v) is 14.6. The molecule has 5 heteroatoms. The second kappa shape index (κ2) is 7.49. The van der Waals surface area contributed by atoms with Crippen molar-refractivity contribution in [1.82, 2.24) is 14.9 Å². The van der Waals surface area contributed by atoms with Gasteiger partial charge in [0.1, 0.15) is 5.82 Å². The minimum atomic E-state index is 0.0371. The average molecular weight is 337 g/mol. The summed E-state index contributed by atoms with van der Waals surface area (Å²) in [4.78, 5) is 16.2. The molecule has 0 aliphatic rings. The quantitative estimate of drug-likeness (QED) is 0.727. The fourth-order valence-electron chi connectivity index (χ4n) is 2.97. The highest BCUT2D eigenvalue weighted by Gasteiger charge is 2.13. The van der Waals surface area contributed by atoms with Crippen LogP contribution in [-0.2, 0) is 17.8 Å². The van der Waals surface area contributed by atoms with Crippen LogP contribution < -0.4 is 5.32 Å². The number of nitrogens with one attached hydrogen (secondary N) is 1. The molecule has 0 atom stereocenters. The summed E-state index contributed by atoms with van der Waals surface area (Å²) in [6.07, 6.45) is 0.969. The number of para-hydroxylation sites is 1. The van der Waals surface area contributed by atoms with Crippen LogP contribution in [0, 0.1) is 6.92 Å². The summed E-state index contributed by atoms with van der Waals surface area (Å²) in [6.45, 7) is 4.43. The van der Waals surface area contributed by atoms with Gasteiger partial charge in [0.05, 0.1) is 17.6 Å². The average Bonchev–Trinajstić information content (AvgIpc) is 3.00. The molecule has 0 aliphatic heterocycles. The van der Waals surface area contributed by atoms with Crippen LogP contribution in [0.15, 0.2) is 42.5 Å². The molecule has 1 heterocycles. The molecule has 0 unspecified atom stereocenters. The number of amides is 1. The molecule has 1 amide bonds. The number of hydrogen-bond acceptors (Lipinski definition) is 3. The number of aliphatic hydroxyl groups excluding tert-OH is 1. The van der Waals surface area contributed by atoms with E-state index in [-0.39, 0.29) is 12.5 Å². The van der Waals surface area contributed by atoms with Crippen molar-refractivity contribution in [2.45, 2.75) is 33.2 Å². The Morgan fingerprint density at radius 1 is 1.24 bits per heavy atom. The van der Waals surface area contributed by atoms with E-state index in [9.17, 15) is 9.90 Å². The number of carbonyl (C=O) groups is 1. The molecule has 3 rings (SSSR count). The molecular formula is C20H23N3O2. The van der Waals surface area contributed by atoms with E-state index in [4.69, 9.17) is 4.98 Å². The lowest BCUT2D eigenvalue weighted by Gasteiger charge is -2.11. The molecule has 0 saturated heterocycles. The van der Waals surface area contributed by atoms with E-state index in [2.05, 4.69) is 16.0 Å². The lowest BCUT2D eigenvalue weighted by Crippen LogP contribution is -2.21. The number of aliphatic hydroxyl groups is 1. The van der Waals surface area contributed by atoms with Crippen molar-refractivity contribution in [3.05, 3.63) is 59.4 Å².